The average Bonchev–Trinajstić information content (AvgIpc) is 2.54. The fourth-order valence-electron chi connectivity index (χ4n) is 1.82. The van der Waals surface area contributed by atoms with Crippen LogP contribution >= 0.6 is 0 Å². The van der Waals surface area contributed by atoms with Crippen molar-refractivity contribution in [1.29, 1.82) is 0 Å². The second-order valence-corrected chi connectivity index (χ2v) is 4.59. The van der Waals surface area contributed by atoms with Crippen LogP contribution in [0.3, 0.4) is 0 Å². The van der Waals surface area contributed by atoms with Gasteiger partial charge in [-0.15, -0.1) is 0 Å². The Kier molecular flexibility index (Phi) is 5.02. The second-order valence-electron chi connectivity index (χ2n) is 4.59. The molecule has 0 saturated carbocycles. The van der Waals surface area contributed by atoms with Gasteiger partial charge in [-0.2, -0.15) is 0 Å². The van der Waals surface area contributed by atoms with Crippen LogP contribution in [0.25, 0.3) is 0 Å². The minimum Gasteiger partial charge on any atom is -0.481 e. The van der Waals surface area contributed by atoms with Gasteiger partial charge >= 0.3 is 0 Å². The molecule has 1 N–H and O–H groups in total. The molecule has 1 heterocycles. The lowest BCUT2D eigenvalue weighted by Crippen LogP contribution is -2.24. The summed E-state index contributed by atoms with van der Waals surface area (Å²) in [5.41, 5.74) is 1.59. The van der Waals surface area contributed by atoms with Crippen LogP contribution in [0.2, 0.25) is 0 Å². The number of pyridine rings is 1. The highest BCUT2D eigenvalue weighted by atomic mass is 16.6. The van der Waals surface area contributed by atoms with Crippen molar-refractivity contribution < 1.29 is 14.5 Å². The minimum atomic E-state index is -0.472. The number of hydrogen-bond donors (Lipinski definition) is 1. The Balaban J connectivity index is 1.85. The van der Waals surface area contributed by atoms with E-state index in [4.69, 9.17) is 4.74 Å². The van der Waals surface area contributed by atoms with Crippen molar-refractivity contribution in [3.05, 3.63) is 63.8 Å². The Hall–Kier alpha value is -2.96. The normalized spacial score (nSPS) is 10.0. The summed E-state index contributed by atoms with van der Waals surface area (Å²) in [7, 11) is 1.54. The van der Waals surface area contributed by atoms with E-state index >= 15 is 0 Å². The van der Waals surface area contributed by atoms with Gasteiger partial charge in [-0.25, -0.2) is 4.98 Å². The number of carbonyl (C=O) groups is 1. The molecule has 0 saturated heterocycles. The van der Waals surface area contributed by atoms with Crippen molar-refractivity contribution in [2.75, 3.05) is 7.11 Å². The van der Waals surface area contributed by atoms with Crippen LogP contribution in [-0.2, 0) is 17.8 Å². The largest absolute Gasteiger partial charge is 0.481 e. The van der Waals surface area contributed by atoms with E-state index in [-0.39, 0.29) is 18.0 Å². The molecule has 7 nitrogen and oxygen atoms in total. The number of benzene rings is 1. The van der Waals surface area contributed by atoms with Crippen molar-refractivity contribution in [3.63, 3.8) is 0 Å². The number of nitrogens with one attached hydrogen (secondary N) is 1. The molecule has 1 amide bonds. The summed E-state index contributed by atoms with van der Waals surface area (Å²) in [4.78, 5) is 26.0. The number of amides is 1. The molecule has 0 radical (unpaired) electrons. The van der Waals surface area contributed by atoms with Crippen molar-refractivity contribution in [2.24, 2.45) is 0 Å². The maximum atomic E-state index is 11.8. The predicted octanol–water partition coefficient (Wildman–Crippen LogP) is 1.86. The molecule has 0 atom stereocenters. The monoisotopic (exact) mass is 301 g/mol. The molecule has 0 bridgehead atoms. The maximum Gasteiger partial charge on any atom is 0.269 e. The Labute approximate surface area is 127 Å². The van der Waals surface area contributed by atoms with E-state index < -0.39 is 4.92 Å². The van der Waals surface area contributed by atoms with E-state index in [1.807, 2.05) is 6.07 Å². The third-order valence-corrected chi connectivity index (χ3v) is 3.01. The molecule has 2 rings (SSSR count). The van der Waals surface area contributed by atoms with Gasteiger partial charge in [0, 0.05) is 30.9 Å². The van der Waals surface area contributed by atoms with Gasteiger partial charge in [0.2, 0.25) is 11.8 Å². The highest BCUT2D eigenvalue weighted by Gasteiger charge is 2.07. The van der Waals surface area contributed by atoms with Gasteiger partial charge in [-0.05, 0) is 11.1 Å². The van der Waals surface area contributed by atoms with E-state index in [0.717, 1.165) is 11.1 Å². The summed E-state index contributed by atoms with van der Waals surface area (Å²) in [6.07, 6.45) is 1.80. The summed E-state index contributed by atoms with van der Waals surface area (Å²) in [5.74, 6) is 0.352. The number of carbonyl (C=O) groups excluding carboxylic acids is 1. The van der Waals surface area contributed by atoms with E-state index in [1.54, 1.807) is 24.4 Å². The molecule has 2 aromatic rings. The number of hydrogen-bond acceptors (Lipinski definition) is 5. The topological polar surface area (TPSA) is 94.4 Å². The molecule has 0 aliphatic rings. The van der Waals surface area contributed by atoms with Gasteiger partial charge in [-0.1, -0.05) is 18.2 Å². The minimum absolute atomic E-state index is 0.00784. The molecule has 0 aliphatic heterocycles. The van der Waals surface area contributed by atoms with Crippen molar-refractivity contribution in [1.82, 2.24) is 10.3 Å². The van der Waals surface area contributed by atoms with Crippen molar-refractivity contribution in [3.8, 4) is 5.88 Å². The molecule has 0 unspecified atom stereocenters. The summed E-state index contributed by atoms with van der Waals surface area (Å²) in [6, 6.07) is 9.46. The van der Waals surface area contributed by atoms with Crippen LogP contribution in [0.15, 0.2) is 42.6 Å². The molecule has 114 valence electrons. The first-order valence-electron chi connectivity index (χ1n) is 6.57. The SMILES string of the molecule is COc1ccc(CNC(=O)Cc2ccc([N+](=O)[O-])cc2)cn1. The first-order chi connectivity index (χ1) is 10.6. The number of methoxy groups -OCH3 is 1. The number of aromatic nitrogens is 1. The molecule has 22 heavy (non-hydrogen) atoms. The Bertz CT molecular complexity index is 653. The van der Waals surface area contributed by atoms with Crippen LogP contribution in [0, 0.1) is 10.1 Å². The zero-order valence-electron chi connectivity index (χ0n) is 12.0. The van der Waals surface area contributed by atoms with Crippen molar-refractivity contribution in [2.45, 2.75) is 13.0 Å². The summed E-state index contributed by atoms with van der Waals surface area (Å²) in [6.45, 7) is 0.364. The number of nitro benzene ring substituents is 1. The van der Waals surface area contributed by atoms with E-state index in [2.05, 4.69) is 10.3 Å². The van der Waals surface area contributed by atoms with Gasteiger partial charge in [-0.3, -0.25) is 14.9 Å². The van der Waals surface area contributed by atoms with Crippen LogP contribution in [-0.4, -0.2) is 22.9 Å². The number of nitrogens with zero attached hydrogens (tertiary/aromatic N) is 2. The lowest BCUT2D eigenvalue weighted by atomic mass is 10.1. The van der Waals surface area contributed by atoms with Crippen LogP contribution in [0.5, 0.6) is 5.88 Å². The Morgan fingerprint density at radius 3 is 2.45 bits per heavy atom. The van der Waals surface area contributed by atoms with Gasteiger partial charge in [0.1, 0.15) is 0 Å². The average molecular weight is 301 g/mol. The lowest BCUT2D eigenvalue weighted by molar-refractivity contribution is -0.384. The molecular formula is C15H15N3O4. The molecule has 0 fully saturated rings. The summed E-state index contributed by atoms with van der Waals surface area (Å²) in [5, 5.41) is 13.3. The summed E-state index contributed by atoms with van der Waals surface area (Å²) >= 11 is 0. The van der Waals surface area contributed by atoms with Gasteiger partial charge in [0.05, 0.1) is 18.5 Å². The quantitative estimate of drug-likeness (QED) is 0.649. The van der Waals surface area contributed by atoms with Crippen LogP contribution < -0.4 is 10.1 Å². The van der Waals surface area contributed by atoms with E-state index in [0.29, 0.717) is 12.4 Å². The Morgan fingerprint density at radius 2 is 1.91 bits per heavy atom. The molecular weight excluding hydrogens is 286 g/mol. The summed E-state index contributed by atoms with van der Waals surface area (Å²) < 4.78 is 4.95. The predicted molar refractivity (Wildman–Crippen MR) is 79.4 cm³/mol. The van der Waals surface area contributed by atoms with Gasteiger partial charge in [0.15, 0.2) is 0 Å². The molecule has 1 aromatic heterocycles. The molecule has 7 heteroatoms. The first kappa shape index (κ1) is 15.4. The third kappa shape index (κ3) is 4.27. The second kappa shape index (κ2) is 7.16. The van der Waals surface area contributed by atoms with Gasteiger partial charge < -0.3 is 10.1 Å². The Morgan fingerprint density at radius 1 is 1.23 bits per heavy atom. The number of rotatable bonds is 6. The standard InChI is InChI=1S/C15H15N3O4/c1-22-15-7-4-12(10-17-15)9-16-14(19)8-11-2-5-13(6-3-11)18(20)21/h2-7,10H,8-9H2,1H3,(H,16,19). The third-order valence-electron chi connectivity index (χ3n) is 3.01. The number of nitro groups is 1. The van der Waals surface area contributed by atoms with Crippen LogP contribution in [0.4, 0.5) is 5.69 Å². The van der Waals surface area contributed by atoms with Crippen LogP contribution in [0.1, 0.15) is 11.1 Å². The lowest BCUT2D eigenvalue weighted by Gasteiger charge is -2.06. The van der Waals surface area contributed by atoms with E-state index in [9.17, 15) is 14.9 Å². The van der Waals surface area contributed by atoms with Crippen molar-refractivity contribution >= 4 is 11.6 Å². The molecule has 0 aliphatic carbocycles. The molecule has 1 aromatic carbocycles. The molecule has 0 spiro atoms. The highest BCUT2D eigenvalue weighted by Crippen LogP contribution is 2.12. The first-order valence-corrected chi connectivity index (χ1v) is 6.57. The zero-order chi connectivity index (χ0) is 15.9. The van der Waals surface area contributed by atoms with Gasteiger partial charge in [0.25, 0.3) is 5.69 Å². The fraction of sp³-hybridized carbons (Fsp3) is 0.200. The maximum absolute atomic E-state index is 11.8. The number of ether oxygens (including phenoxy) is 1. The zero-order valence-corrected chi connectivity index (χ0v) is 12.0. The fourth-order valence-corrected chi connectivity index (χ4v) is 1.82. The highest BCUT2D eigenvalue weighted by molar-refractivity contribution is 5.78. The van der Waals surface area contributed by atoms with E-state index in [1.165, 1.54) is 19.2 Å². The number of non-ortho nitro benzene ring substituents is 1. The smallest absolute Gasteiger partial charge is 0.269 e.